The summed E-state index contributed by atoms with van der Waals surface area (Å²) in [5, 5.41) is 12.4. The molecule has 2 aromatic carbocycles. The number of fused-ring (bicyclic) bond motifs is 1. The van der Waals surface area contributed by atoms with E-state index in [0.717, 1.165) is 5.56 Å². The zero-order valence-corrected chi connectivity index (χ0v) is 14.8. The molecular weight excluding hydrogens is 382 g/mol. The van der Waals surface area contributed by atoms with E-state index in [1.807, 2.05) is 0 Å². The van der Waals surface area contributed by atoms with E-state index in [0.29, 0.717) is 22.8 Å². The van der Waals surface area contributed by atoms with Crippen LogP contribution in [0, 0.1) is 0 Å². The number of hydrogen-bond donors (Lipinski definition) is 2. The molecule has 0 aliphatic heterocycles. The Morgan fingerprint density at radius 2 is 1.86 bits per heavy atom. The van der Waals surface area contributed by atoms with E-state index in [1.165, 1.54) is 18.2 Å². The van der Waals surface area contributed by atoms with Crippen LogP contribution in [0.1, 0.15) is 10.4 Å². The second-order valence-corrected chi connectivity index (χ2v) is 5.99. The van der Waals surface area contributed by atoms with E-state index in [-0.39, 0.29) is 11.3 Å². The lowest BCUT2D eigenvalue weighted by molar-refractivity contribution is -0.0498. The molecular formula is C20H14F2N4O3. The number of hydrogen-bond acceptors (Lipinski definition) is 5. The average Bonchev–Trinajstić information content (AvgIpc) is 3.14. The maximum Gasteiger partial charge on any atom is 0.387 e. The summed E-state index contributed by atoms with van der Waals surface area (Å²) < 4.78 is 30.8. The molecule has 0 saturated carbocycles. The fourth-order valence-corrected chi connectivity index (χ4v) is 2.93. The molecule has 2 aromatic heterocycles. The third-order valence-electron chi connectivity index (χ3n) is 4.21. The van der Waals surface area contributed by atoms with Gasteiger partial charge in [-0.2, -0.15) is 8.78 Å². The Balaban J connectivity index is 1.70. The van der Waals surface area contributed by atoms with Crippen LogP contribution >= 0.6 is 0 Å². The third kappa shape index (κ3) is 3.70. The predicted molar refractivity (Wildman–Crippen MR) is 102 cm³/mol. The van der Waals surface area contributed by atoms with E-state index in [4.69, 9.17) is 0 Å². The van der Waals surface area contributed by atoms with E-state index in [1.54, 1.807) is 53.3 Å². The number of benzene rings is 2. The zero-order valence-electron chi connectivity index (χ0n) is 14.8. The molecule has 0 radical (unpaired) electrons. The summed E-state index contributed by atoms with van der Waals surface area (Å²) in [4.78, 5) is 20.1. The molecule has 0 aliphatic carbocycles. The van der Waals surface area contributed by atoms with E-state index < -0.39 is 12.6 Å². The lowest BCUT2D eigenvalue weighted by Crippen LogP contribution is -2.04. The summed E-state index contributed by atoms with van der Waals surface area (Å²) in [5.74, 6) is -0.618. The molecule has 0 amide bonds. The van der Waals surface area contributed by atoms with Gasteiger partial charge in [-0.05, 0) is 36.4 Å². The first kappa shape index (κ1) is 18.4. The summed E-state index contributed by atoms with van der Waals surface area (Å²) in [5.41, 5.74) is 2.43. The SMILES string of the molecule is O=C(O)c1ccccc1Nc1nccn2c(-c3ccc(OC(F)F)cc3)cnc12. The highest BCUT2D eigenvalue weighted by Crippen LogP contribution is 2.28. The number of aromatic nitrogens is 3. The molecule has 146 valence electrons. The van der Waals surface area contributed by atoms with Gasteiger partial charge in [0, 0.05) is 18.0 Å². The van der Waals surface area contributed by atoms with Gasteiger partial charge in [0.2, 0.25) is 0 Å². The minimum atomic E-state index is -2.88. The maximum atomic E-state index is 12.3. The summed E-state index contributed by atoms with van der Waals surface area (Å²) in [7, 11) is 0. The van der Waals surface area contributed by atoms with Gasteiger partial charge in [0.1, 0.15) is 5.75 Å². The van der Waals surface area contributed by atoms with Crippen LogP contribution in [0.5, 0.6) is 5.75 Å². The molecule has 0 spiro atoms. The summed E-state index contributed by atoms with van der Waals surface area (Å²) in [6.07, 6.45) is 4.88. The van der Waals surface area contributed by atoms with Gasteiger partial charge in [0.15, 0.2) is 11.5 Å². The lowest BCUT2D eigenvalue weighted by atomic mass is 10.1. The van der Waals surface area contributed by atoms with Crippen LogP contribution in [0.2, 0.25) is 0 Å². The van der Waals surface area contributed by atoms with Crippen molar-refractivity contribution < 1.29 is 23.4 Å². The first-order valence-electron chi connectivity index (χ1n) is 8.49. The molecule has 0 bridgehead atoms. The normalized spacial score (nSPS) is 11.0. The van der Waals surface area contributed by atoms with Crippen molar-refractivity contribution in [2.45, 2.75) is 6.61 Å². The molecule has 9 heteroatoms. The number of para-hydroxylation sites is 1. The van der Waals surface area contributed by atoms with Crippen molar-refractivity contribution in [2.75, 3.05) is 5.32 Å². The lowest BCUT2D eigenvalue weighted by Gasteiger charge is -2.10. The van der Waals surface area contributed by atoms with Crippen molar-refractivity contribution in [3.8, 4) is 17.0 Å². The molecule has 2 N–H and O–H groups in total. The van der Waals surface area contributed by atoms with Gasteiger partial charge < -0.3 is 15.2 Å². The summed E-state index contributed by atoms with van der Waals surface area (Å²) in [6.45, 7) is -2.88. The average molecular weight is 396 g/mol. The number of carboxylic acids is 1. The van der Waals surface area contributed by atoms with Gasteiger partial charge in [-0.1, -0.05) is 12.1 Å². The number of nitrogens with one attached hydrogen (secondary N) is 1. The number of imidazole rings is 1. The van der Waals surface area contributed by atoms with Crippen LogP contribution < -0.4 is 10.1 Å². The van der Waals surface area contributed by atoms with E-state index in [9.17, 15) is 18.7 Å². The number of ether oxygens (including phenoxy) is 1. The van der Waals surface area contributed by atoms with Gasteiger partial charge >= 0.3 is 12.6 Å². The monoisotopic (exact) mass is 396 g/mol. The predicted octanol–water partition coefficient (Wildman–Crippen LogP) is 4.44. The van der Waals surface area contributed by atoms with Gasteiger partial charge in [-0.25, -0.2) is 14.8 Å². The Morgan fingerprint density at radius 1 is 1.10 bits per heavy atom. The van der Waals surface area contributed by atoms with Gasteiger partial charge in [-0.3, -0.25) is 4.40 Å². The fraction of sp³-hybridized carbons (Fsp3) is 0.0500. The summed E-state index contributed by atoms with van der Waals surface area (Å²) in [6, 6.07) is 12.7. The second kappa shape index (κ2) is 7.55. The molecule has 0 saturated heterocycles. The van der Waals surface area contributed by atoms with Crippen molar-refractivity contribution in [1.29, 1.82) is 0 Å². The van der Waals surface area contributed by atoms with E-state index >= 15 is 0 Å². The third-order valence-corrected chi connectivity index (χ3v) is 4.21. The van der Waals surface area contributed by atoms with Gasteiger partial charge in [-0.15, -0.1) is 0 Å². The summed E-state index contributed by atoms with van der Waals surface area (Å²) >= 11 is 0. The largest absolute Gasteiger partial charge is 0.478 e. The Morgan fingerprint density at radius 3 is 2.59 bits per heavy atom. The van der Waals surface area contributed by atoms with Crippen LogP contribution in [-0.2, 0) is 0 Å². The molecule has 0 aliphatic rings. The second-order valence-electron chi connectivity index (χ2n) is 5.99. The topological polar surface area (TPSA) is 88.8 Å². The first-order valence-corrected chi connectivity index (χ1v) is 8.49. The molecule has 0 atom stereocenters. The molecule has 4 rings (SSSR count). The smallest absolute Gasteiger partial charge is 0.387 e. The van der Waals surface area contributed by atoms with Gasteiger partial charge in [0.05, 0.1) is 23.1 Å². The molecule has 0 unspecified atom stereocenters. The Labute approximate surface area is 163 Å². The van der Waals surface area contributed by atoms with Crippen molar-refractivity contribution in [2.24, 2.45) is 0 Å². The highest BCUT2D eigenvalue weighted by Gasteiger charge is 2.14. The highest BCUT2D eigenvalue weighted by molar-refractivity contribution is 5.95. The minimum absolute atomic E-state index is 0.0619. The van der Waals surface area contributed by atoms with Crippen molar-refractivity contribution in [1.82, 2.24) is 14.4 Å². The van der Waals surface area contributed by atoms with Crippen LogP contribution in [0.4, 0.5) is 20.3 Å². The number of halogens is 2. The maximum absolute atomic E-state index is 12.3. The number of anilines is 2. The van der Waals surface area contributed by atoms with Crippen LogP contribution in [0.25, 0.3) is 16.9 Å². The Kier molecular flexibility index (Phi) is 4.78. The number of nitrogens with zero attached hydrogens (tertiary/aromatic N) is 3. The number of aromatic carboxylic acids is 1. The molecule has 2 heterocycles. The fourth-order valence-electron chi connectivity index (χ4n) is 2.93. The standard InChI is InChI=1S/C20H14F2N4O3/c21-20(22)29-13-7-5-12(6-8-13)16-11-24-18-17(23-9-10-26(16)18)25-15-4-2-1-3-14(15)19(27)28/h1-11,20H,(H,23,25)(H,27,28). The van der Waals surface area contributed by atoms with Crippen molar-refractivity contribution >= 4 is 23.1 Å². The van der Waals surface area contributed by atoms with Crippen LogP contribution in [-0.4, -0.2) is 32.1 Å². The number of carboxylic acid groups (broad SMARTS) is 1. The van der Waals surface area contributed by atoms with Crippen molar-refractivity contribution in [3.63, 3.8) is 0 Å². The molecule has 0 fully saturated rings. The highest BCUT2D eigenvalue weighted by atomic mass is 19.3. The minimum Gasteiger partial charge on any atom is -0.478 e. The van der Waals surface area contributed by atoms with Gasteiger partial charge in [0.25, 0.3) is 0 Å². The van der Waals surface area contributed by atoms with E-state index in [2.05, 4.69) is 20.0 Å². The Hall–Kier alpha value is -4.01. The number of alkyl halides is 2. The van der Waals surface area contributed by atoms with Crippen molar-refractivity contribution in [3.05, 3.63) is 72.7 Å². The number of rotatable bonds is 6. The first-order chi connectivity index (χ1) is 14.0. The Bertz CT molecular complexity index is 1180. The van der Waals surface area contributed by atoms with Crippen LogP contribution in [0.15, 0.2) is 67.1 Å². The zero-order chi connectivity index (χ0) is 20.4. The van der Waals surface area contributed by atoms with Crippen LogP contribution in [0.3, 0.4) is 0 Å². The molecule has 4 aromatic rings. The number of carbonyl (C=O) groups is 1. The quantitative estimate of drug-likeness (QED) is 0.501. The molecule has 29 heavy (non-hydrogen) atoms. The molecule has 7 nitrogen and oxygen atoms in total.